The van der Waals surface area contributed by atoms with Crippen molar-refractivity contribution in [2.24, 2.45) is 0 Å². The molecule has 2 aromatic rings. The average Bonchev–Trinajstić information content (AvgIpc) is 3.05. The number of carboxylic acids is 2. The van der Waals surface area contributed by atoms with Crippen molar-refractivity contribution in [3.8, 4) is 23.0 Å². The first-order valence-corrected chi connectivity index (χ1v) is 7.18. The Morgan fingerprint density at radius 3 is 1.28 bits per heavy atom. The zero-order valence-electron chi connectivity index (χ0n) is 13.9. The third-order valence-electron chi connectivity index (χ3n) is 3.27. The van der Waals surface area contributed by atoms with Crippen molar-refractivity contribution in [1.29, 1.82) is 0 Å². The number of halogens is 4. The molecular formula is C16H6F4MgO8. The van der Waals surface area contributed by atoms with Gasteiger partial charge in [0.15, 0.2) is 23.0 Å². The predicted octanol–water partition coefficient (Wildman–Crippen LogP) is 0.362. The van der Waals surface area contributed by atoms with Crippen LogP contribution in [0.3, 0.4) is 0 Å². The van der Waals surface area contributed by atoms with Gasteiger partial charge in [-0.25, -0.2) is 0 Å². The number of fused-ring (bicyclic) bond motifs is 2. The van der Waals surface area contributed by atoms with E-state index in [0.29, 0.717) is 0 Å². The van der Waals surface area contributed by atoms with E-state index in [1.54, 1.807) is 0 Å². The maximum Gasteiger partial charge on any atom is 2.00 e. The summed E-state index contributed by atoms with van der Waals surface area (Å²) in [5, 5.41) is 20.7. The van der Waals surface area contributed by atoms with E-state index >= 15 is 0 Å². The average molecular weight is 427 g/mol. The van der Waals surface area contributed by atoms with Crippen LogP contribution in [0.2, 0.25) is 0 Å². The van der Waals surface area contributed by atoms with Crippen LogP contribution in [0.1, 0.15) is 20.7 Å². The first-order chi connectivity index (χ1) is 13.0. The molecule has 0 fully saturated rings. The van der Waals surface area contributed by atoms with Crippen LogP contribution < -0.4 is 29.2 Å². The Bertz CT molecular complexity index is 888. The second-order valence-corrected chi connectivity index (χ2v) is 5.23. The van der Waals surface area contributed by atoms with E-state index in [-0.39, 0.29) is 57.2 Å². The number of carboxylic acid groups (broad SMARTS) is 2. The summed E-state index contributed by atoms with van der Waals surface area (Å²) in [7, 11) is 0. The molecule has 0 bridgehead atoms. The minimum atomic E-state index is -3.73. The van der Waals surface area contributed by atoms with Gasteiger partial charge in [0.2, 0.25) is 0 Å². The molecule has 0 unspecified atom stereocenters. The van der Waals surface area contributed by atoms with Gasteiger partial charge in [0.05, 0.1) is 11.9 Å². The largest absolute Gasteiger partial charge is 2.00 e. The Morgan fingerprint density at radius 2 is 0.966 bits per heavy atom. The van der Waals surface area contributed by atoms with Crippen LogP contribution in [0.5, 0.6) is 23.0 Å². The summed E-state index contributed by atoms with van der Waals surface area (Å²) in [6.07, 6.45) is -7.46. The number of hydrogen-bond acceptors (Lipinski definition) is 8. The van der Waals surface area contributed by atoms with E-state index < -0.39 is 24.5 Å². The molecule has 2 heterocycles. The van der Waals surface area contributed by atoms with Crippen molar-refractivity contribution in [1.82, 2.24) is 0 Å². The van der Waals surface area contributed by atoms with Gasteiger partial charge in [-0.05, 0) is 36.4 Å². The Labute approximate surface area is 174 Å². The first-order valence-electron chi connectivity index (χ1n) is 7.18. The van der Waals surface area contributed by atoms with Crippen LogP contribution in [-0.4, -0.2) is 47.6 Å². The fraction of sp³-hybridized carbons (Fsp3) is 0.125. The topological polar surface area (TPSA) is 117 Å². The van der Waals surface area contributed by atoms with Gasteiger partial charge < -0.3 is 38.7 Å². The molecule has 0 radical (unpaired) electrons. The molecule has 0 saturated carbocycles. The van der Waals surface area contributed by atoms with E-state index in [1.807, 2.05) is 0 Å². The summed E-state index contributed by atoms with van der Waals surface area (Å²) < 4.78 is 66.0. The zero-order valence-corrected chi connectivity index (χ0v) is 15.4. The molecule has 148 valence electrons. The number of hydrogen-bond donors (Lipinski definition) is 0. The second-order valence-electron chi connectivity index (χ2n) is 5.23. The Balaban J connectivity index is 0.000000200. The molecule has 0 N–H and O–H groups in total. The van der Waals surface area contributed by atoms with E-state index in [9.17, 15) is 37.4 Å². The molecule has 8 nitrogen and oxygen atoms in total. The van der Waals surface area contributed by atoms with E-state index in [4.69, 9.17) is 0 Å². The Kier molecular flexibility index (Phi) is 6.03. The molecule has 4 rings (SSSR count). The molecule has 13 heteroatoms. The fourth-order valence-electron chi connectivity index (χ4n) is 2.15. The molecular weight excluding hydrogens is 420 g/mol. The molecule has 0 aliphatic carbocycles. The monoisotopic (exact) mass is 426 g/mol. The maximum absolute atomic E-state index is 12.5. The van der Waals surface area contributed by atoms with Crippen LogP contribution in [0, 0.1) is 0 Å². The summed E-state index contributed by atoms with van der Waals surface area (Å²) in [6.45, 7) is 0. The fourth-order valence-corrected chi connectivity index (χ4v) is 2.15. The first kappa shape index (κ1) is 22.4. The van der Waals surface area contributed by atoms with Gasteiger partial charge in [0.25, 0.3) is 0 Å². The summed E-state index contributed by atoms with van der Waals surface area (Å²) in [6, 6.07) is 6.21. The van der Waals surface area contributed by atoms with Crippen molar-refractivity contribution in [2.45, 2.75) is 12.6 Å². The molecule has 0 amide bonds. The third-order valence-corrected chi connectivity index (χ3v) is 3.27. The summed E-state index contributed by atoms with van der Waals surface area (Å²) in [5.41, 5.74) is -0.491. The van der Waals surface area contributed by atoms with Crippen molar-refractivity contribution in [3.63, 3.8) is 0 Å². The number of benzene rings is 2. The van der Waals surface area contributed by atoms with E-state index in [1.165, 1.54) is 0 Å². The smallest absolute Gasteiger partial charge is 0.545 e. The molecule has 29 heavy (non-hydrogen) atoms. The quantitative estimate of drug-likeness (QED) is 0.499. The van der Waals surface area contributed by atoms with Crippen LogP contribution in [0.15, 0.2) is 36.4 Å². The Morgan fingerprint density at radius 1 is 0.655 bits per heavy atom. The summed E-state index contributed by atoms with van der Waals surface area (Å²) in [4.78, 5) is 20.7. The molecule has 0 saturated heterocycles. The molecule has 2 aromatic carbocycles. The molecule has 0 aromatic heterocycles. The van der Waals surface area contributed by atoms with Gasteiger partial charge in [0, 0.05) is 11.1 Å². The van der Waals surface area contributed by atoms with Gasteiger partial charge in [0.1, 0.15) is 0 Å². The second kappa shape index (κ2) is 7.83. The van der Waals surface area contributed by atoms with Crippen LogP contribution in [0.4, 0.5) is 17.6 Å². The van der Waals surface area contributed by atoms with Gasteiger partial charge >= 0.3 is 35.6 Å². The van der Waals surface area contributed by atoms with Crippen LogP contribution >= 0.6 is 0 Å². The molecule has 0 spiro atoms. The van der Waals surface area contributed by atoms with Crippen molar-refractivity contribution in [3.05, 3.63) is 47.5 Å². The molecule has 2 aliphatic rings. The third kappa shape index (κ3) is 5.11. The number of carbonyl (C=O) groups excluding carboxylic acids is 2. The van der Waals surface area contributed by atoms with Gasteiger partial charge in [-0.3, -0.25) is 0 Å². The minimum absolute atomic E-state index is 0. The maximum atomic E-state index is 12.5. The van der Waals surface area contributed by atoms with Gasteiger partial charge in [-0.1, -0.05) is 0 Å². The molecule has 2 aliphatic heterocycles. The van der Waals surface area contributed by atoms with Crippen molar-refractivity contribution >= 4 is 35.0 Å². The van der Waals surface area contributed by atoms with Crippen LogP contribution in [0.25, 0.3) is 0 Å². The van der Waals surface area contributed by atoms with Gasteiger partial charge in [-0.15, -0.1) is 17.6 Å². The SMILES string of the molecule is O=C([O-])c1ccc2c(c1)OC(F)(F)O2.O=C([O-])c1ccc2c(c1)OC(F)(F)O2.[Mg+2]. The standard InChI is InChI=1S/2C8H4F2O4.Mg/c2*9-8(10)13-5-2-1-4(7(11)12)3-6(5)14-8;/h2*1-3H,(H,11,12);/q;;+2/p-2. The van der Waals surface area contributed by atoms with E-state index in [2.05, 4.69) is 18.9 Å². The summed E-state index contributed by atoms with van der Waals surface area (Å²) >= 11 is 0. The van der Waals surface area contributed by atoms with Gasteiger partial charge in [-0.2, -0.15) is 0 Å². The normalized spacial score (nSPS) is 16.1. The Hall–Kier alpha value is -2.93. The number of alkyl halides is 4. The number of rotatable bonds is 2. The minimum Gasteiger partial charge on any atom is -0.545 e. The summed E-state index contributed by atoms with van der Waals surface area (Å²) in [5.74, 6) is -3.94. The van der Waals surface area contributed by atoms with E-state index in [0.717, 1.165) is 36.4 Å². The number of aromatic carboxylic acids is 2. The van der Waals surface area contributed by atoms with Crippen LogP contribution in [-0.2, 0) is 0 Å². The van der Waals surface area contributed by atoms with Crippen molar-refractivity contribution < 1.29 is 56.3 Å². The number of carbonyl (C=O) groups is 2. The predicted molar refractivity (Wildman–Crippen MR) is 79.7 cm³/mol. The number of ether oxygens (including phenoxy) is 4. The van der Waals surface area contributed by atoms with Crippen molar-refractivity contribution in [2.75, 3.05) is 0 Å². The molecule has 0 atom stereocenters. The zero-order chi connectivity index (χ0) is 20.7.